The topological polar surface area (TPSA) is 92.4 Å². The van der Waals surface area contributed by atoms with E-state index in [4.69, 9.17) is 5.73 Å². The molecule has 0 saturated carbocycles. The molecule has 4 N–H and O–H groups in total. The first-order valence-corrected chi connectivity index (χ1v) is 7.75. The molecule has 0 fully saturated rings. The Hall–Kier alpha value is -1.15. The van der Waals surface area contributed by atoms with Gasteiger partial charge in [-0.05, 0) is 52.6 Å². The van der Waals surface area contributed by atoms with E-state index < -0.39 is 5.97 Å². The number of nitrogens with one attached hydrogen (secondary N) is 1. The standard InChI is InChI=1S/C15H21IN2O3/c1-15(2,3)7-9(8-17)13(19)18-12-5-4-10(16)6-11(12)14(20)21/h4-6,9H,7-8,17H2,1-3H3,(H,18,19)(H,20,21). The van der Waals surface area contributed by atoms with Crippen molar-refractivity contribution in [2.45, 2.75) is 27.2 Å². The number of aromatic carboxylic acids is 1. The van der Waals surface area contributed by atoms with Crippen LogP contribution in [-0.2, 0) is 4.79 Å². The fraction of sp³-hybridized carbons (Fsp3) is 0.467. The van der Waals surface area contributed by atoms with Crippen molar-refractivity contribution in [2.75, 3.05) is 11.9 Å². The predicted molar refractivity (Wildman–Crippen MR) is 91.4 cm³/mol. The van der Waals surface area contributed by atoms with Gasteiger partial charge in [-0.25, -0.2) is 4.79 Å². The van der Waals surface area contributed by atoms with Crippen molar-refractivity contribution in [1.29, 1.82) is 0 Å². The second-order valence-corrected chi connectivity index (χ2v) is 7.43. The van der Waals surface area contributed by atoms with E-state index in [1.807, 2.05) is 43.4 Å². The molecule has 1 amide bonds. The zero-order valence-corrected chi connectivity index (χ0v) is 14.6. The molecule has 6 heteroatoms. The molecule has 0 aliphatic carbocycles. The average molecular weight is 404 g/mol. The molecule has 116 valence electrons. The molecule has 1 unspecified atom stereocenters. The maximum atomic E-state index is 12.3. The summed E-state index contributed by atoms with van der Waals surface area (Å²) in [5.74, 6) is -1.65. The number of nitrogens with two attached hydrogens (primary N) is 1. The van der Waals surface area contributed by atoms with Gasteiger partial charge in [-0.3, -0.25) is 4.79 Å². The fourth-order valence-electron chi connectivity index (χ4n) is 2.06. The summed E-state index contributed by atoms with van der Waals surface area (Å²) in [6.45, 7) is 6.35. The Bertz CT molecular complexity index is 538. The highest BCUT2D eigenvalue weighted by molar-refractivity contribution is 14.1. The highest BCUT2D eigenvalue weighted by atomic mass is 127. The van der Waals surface area contributed by atoms with Crippen molar-refractivity contribution in [3.8, 4) is 0 Å². The van der Waals surface area contributed by atoms with Crippen LogP contribution in [0.4, 0.5) is 5.69 Å². The monoisotopic (exact) mass is 404 g/mol. The zero-order chi connectivity index (χ0) is 16.2. The molecule has 1 aromatic rings. The first-order valence-electron chi connectivity index (χ1n) is 6.68. The molecule has 0 aliphatic rings. The minimum absolute atomic E-state index is 0.0247. The van der Waals surface area contributed by atoms with Gasteiger partial charge in [-0.1, -0.05) is 20.8 Å². The summed E-state index contributed by atoms with van der Waals surface area (Å²) < 4.78 is 0.799. The quantitative estimate of drug-likeness (QED) is 0.658. The molecule has 21 heavy (non-hydrogen) atoms. The van der Waals surface area contributed by atoms with Crippen molar-refractivity contribution >= 4 is 40.2 Å². The molecule has 0 aliphatic heterocycles. The van der Waals surface area contributed by atoms with E-state index in [0.29, 0.717) is 12.1 Å². The van der Waals surface area contributed by atoms with E-state index >= 15 is 0 Å². The summed E-state index contributed by atoms with van der Waals surface area (Å²) in [5, 5.41) is 11.9. The Morgan fingerprint density at radius 1 is 1.38 bits per heavy atom. The highest BCUT2D eigenvalue weighted by Crippen LogP contribution is 2.26. The molecule has 1 rings (SSSR count). The number of amides is 1. The number of benzene rings is 1. The maximum absolute atomic E-state index is 12.3. The van der Waals surface area contributed by atoms with E-state index in [9.17, 15) is 14.7 Å². The third kappa shape index (κ3) is 5.62. The van der Waals surface area contributed by atoms with Crippen molar-refractivity contribution in [1.82, 2.24) is 0 Å². The number of rotatable bonds is 5. The number of carbonyl (C=O) groups excluding carboxylic acids is 1. The van der Waals surface area contributed by atoms with Crippen molar-refractivity contribution in [3.63, 3.8) is 0 Å². The van der Waals surface area contributed by atoms with Crippen LogP contribution in [0.15, 0.2) is 18.2 Å². The number of carbonyl (C=O) groups is 2. The van der Waals surface area contributed by atoms with Gasteiger partial charge >= 0.3 is 5.97 Å². The minimum atomic E-state index is -1.07. The number of hydrogen-bond donors (Lipinski definition) is 3. The van der Waals surface area contributed by atoms with Crippen LogP contribution < -0.4 is 11.1 Å². The van der Waals surface area contributed by atoms with Crippen molar-refractivity contribution in [3.05, 3.63) is 27.3 Å². The van der Waals surface area contributed by atoms with Gasteiger partial charge in [0.15, 0.2) is 0 Å². The third-order valence-corrected chi connectivity index (χ3v) is 3.65. The van der Waals surface area contributed by atoms with Crippen LogP contribution in [0.3, 0.4) is 0 Å². The van der Waals surface area contributed by atoms with Crippen molar-refractivity contribution in [2.24, 2.45) is 17.1 Å². The van der Waals surface area contributed by atoms with E-state index in [1.165, 1.54) is 6.07 Å². The Balaban J connectivity index is 2.94. The van der Waals surface area contributed by atoms with Gasteiger partial charge in [0.2, 0.25) is 5.91 Å². The van der Waals surface area contributed by atoms with Crippen molar-refractivity contribution < 1.29 is 14.7 Å². The minimum Gasteiger partial charge on any atom is -0.478 e. The molecule has 0 radical (unpaired) electrons. The smallest absolute Gasteiger partial charge is 0.337 e. The van der Waals surface area contributed by atoms with Crippen LogP contribution in [-0.4, -0.2) is 23.5 Å². The summed E-state index contributed by atoms with van der Waals surface area (Å²) >= 11 is 2.03. The lowest BCUT2D eigenvalue weighted by Crippen LogP contribution is -2.32. The molecule has 0 heterocycles. The average Bonchev–Trinajstić information content (AvgIpc) is 2.36. The molecule has 0 bridgehead atoms. The van der Waals surface area contributed by atoms with Crippen LogP contribution >= 0.6 is 22.6 Å². The molecule has 1 atom stereocenters. The molecule has 5 nitrogen and oxygen atoms in total. The number of anilines is 1. The van der Waals surface area contributed by atoms with Crippen LogP contribution in [0.1, 0.15) is 37.6 Å². The molecule has 0 aromatic heterocycles. The fourth-order valence-corrected chi connectivity index (χ4v) is 2.55. The molecular weight excluding hydrogens is 383 g/mol. The predicted octanol–water partition coefficient (Wildman–Crippen LogP) is 2.94. The largest absolute Gasteiger partial charge is 0.478 e. The van der Waals surface area contributed by atoms with Gasteiger partial charge in [-0.2, -0.15) is 0 Å². The lowest BCUT2D eigenvalue weighted by Gasteiger charge is -2.24. The number of halogens is 1. The normalized spacial score (nSPS) is 12.8. The first kappa shape index (κ1) is 17.9. The summed E-state index contributed by atoms with van der Waals surface area (Å²) in [4.78, 5) is 23.5. The highest BCUT2D eigenvalue weighted by Gasteiger charge is 2.24. The second-order valence-electron chi connectivity index (χ2n) is 6.18. The van der Waals surface area contributed by atoms with Crippen LogP contribution in [0, 0.1) is 14.9 Å². The Kier molecular flexibility index (Phi) is 6.15. The van der Waals surface area contributed by atoms with Crippen LogP contribution in [0.5, 0.6) is 0 Å². The Morgan fingerprint density at radius 3 is 2.48 bits per heavy atom. The van der Waals surface area contributed by atoms with Crippen LogP contribution in [0.2, 0.25) is 0 Å². The molecule has 0 spiro atoms. The van der Waals surface area contributed by atoms with E-state index in [-0.39, 0.29) is 29.3 Å². The first-order chi connectivity index (χ1) is 9.64. The number of carboxylic acids is 1. The zero-order valence-electron chi connectivity index (χ0n) is 12.4. The summed E-state index contributed by atoms with van der Waals surface area (Å²) in [5.41, 5.74) is 6.04. The lowest BCUT2D eigenvalue weighted by molar-refractivity contribution is -0.120. The van der Waals surface area contributed by atoms with Gasteiger partial charge in [-0.15, -0.1) is 0 Å². The third-order valence-electron chi connectivity index (χ3n) is 2.98. The van der Waals surface area contributed by atoms with E-state index in [0.717, 1.165) is 3.57 Å². The van der Waals surface area contributed by atoms with Gasteiger partial charge in [0, 0.05) is 10.1 Å². The van der Waals surface area contributed by atoms with E-state index in [2.05, 4.69) is 5.32 Å². The second kappa shape index (κ2) is 7.22. The Morgan fingerprint density at radius 2 is 2.00 bits per heavy atom. The number of carboxylic acid groups (broad SMARTS) is 1. The van der Waals surface area contributed by atoms with Gasteiger partial charge in [0.05, 0.1) is 17.2 Å². The molecular formula is C15H21IN2O3. The maximum Gasteiger partial charge on any atom is 0.337 e. The summed E-state index contributed by atoms with van der Waals surface area (Å²) in [7, 11) is 0. The van der Waals surface area contributed by atoms with Gasteiger partial charge < -0.3 is 16.2 Å². The molecule has 1 aromatic carbocycles. The lowest BCUT2D eigenvalue weighted by atomic mass is 9.84. The number of hydrogen-bond acceptors (Lipinski definition) is 3. The Labute approximate surface area is 138 Å². The molecule has 0 saturated heterocycles. The van der Waals surface area contributed by atoms with Crippen LogP contribution in [0.25, 0.3) is 0 Å². The summed E-state index contributed by atoms with van der Waals surface area (Å²) in [6, 6.07) is 4.89. The van der Waals surface area contributed by atoms with Gasteiger partial charge in [0.25, 0.3) is 0 Å². The van der Waals surface area contributed by atoms with E-state index in [1.54, 1.807) is 12.1 Å². The summed E-state index contributed by atoms with van der Waals surface area (Å²) in [6.07, 6.45) is 0.641. The van der Waals surface area contributed by atoms with Gasteiger partial charge in [0.1, 0.15) is 0 Å². The SMILES string of the molecule is CC(C)(C)CC(CN)C(=O)Nc1ccc(I)cc1C(=O)O.